The number of rotatable bonds is 7. The highest BCUT2D eigenvalue weighted by molar-refractivity contribution is 5.80. The third-order valence-corrected chi connectivity index (χ3v) is 3.93. The molecule has 1 aromatic rings. The molecule has 132 valence electrons. The van der Waals surface area contributed by atoms with Crippen LogP contribution in [-0.4, -0.2) is 67.5 Å². The number of carbonyl (C=O) groups is 2. The van der Waals surface area contributed by atoms with Crippen LogP contribution in [0.25, 0.3) is 0 Å². The number of carboxylic acid groups (broad SMARTS) is 1. The van der Waals surface area contributed by atoms with Crippen LogP contribution in [0.5, 0.6) is 5.75 Å². The Balaban J connectivity index is 2.01. The molecule has 1 aliphatic heterocycles. The van der Waals surface area contributed by atoms with Crippen molar-refractivity contribution in [1.82, 2.24) is 4.90 Å². The molecule has 1 heterocycles. The van der Waals surface area contributed by atoms with E-state index in [1.54, 1.807) is 12.0 Å². The minimum Gasteiger partial charge on any atom is -0.490 e. The van der Waals surface area contributed by atoms with Crippen LogP contribution < -0.4 is 4.74 Å². The molecule has 2 rings (SSSR count). The maximum Gasteiger partial charge on any atom is 0.303 e. The highest BCUT2D eigenvalue weighted by Gasteiger charge is 2.37. The summed E-state index contributed by atoms with van der Waals surface area (Å²) in [5.41, 5.74) is -0.786. The molecule has 0 saturated carbocycles. The van der Waals surface area contributed by atoms with Crippen LogP contribution in [0.3, 0.4) is 0 Å². The van der Waals surface area contributed by atoms with Crippen molar-refractivity contribution < 1.29 is 28.9 Å². The number of ether oxygens (including phenoxy) is 3. The zero-order chi connectivity index (χ0) is 17.4. The van der Waals surface area contributed by atoms with Gasteiger partial charge in [-0.25, -0.2) is 0 Å². The minimum atomic E-state index is -0.986. The maximum atomic E-state index is 12.2. The van der Waals surface area contributed by atoms with Gasteiger partial charge in [0.1, 0.15) is 18.0 Å². The van der Waals surface area contributed by atoms with Crippen molar-refractivity contribution >= 4 is 11.9 Å². The van der Waals surface area contributed by atoms with Crippen LogP contribution in [-0.2, 0) is 19.1 Å². The lowest BCUT2D eigenvalue weighted by Gasteiger charge is -2.34. The second-order valence-corrected chi connectivity index (χ2v) is 5.75. The molecule has 1 aromatic carbocycles. The van der Waals surface area contributed by atoms with Gasteiger partial charge in [0.25, 0.3) is 0 Å². The van der Waals surface area contributed by atoms with E-state index in [1.807, 2.05) is 30.3 Å². The van der Waals surface area contributed by atoms with Crippen LogP contribution in [0, 0.1) is 0 Å². The Morgan fingerprint density at radius 3 is 2.71 bits per heavy atom. The second-order valence-electron chi connectivity index (χ2n) is 5.75. The number of carbonyl (C=O) groups excluding carboxylic acids is 1. The van der Waals surface area contributed by atoms with E-state index in [4.69, 9.17) is 19.3 Å². The van der Waals surface area contributed by atoms with Crippen LogP contribution >= 0.6 is 0 Å². The Morgan fingerprint density at radius 2 is 2.04 bits per heavy atom. The van der Waals surface area contributed by atoms with Gasteiger partial charge in [0.15, 0.2) is 0 Å². The maximum absolute atomic E-state index is 12.2. The number of nitrogens with zero attached hydrogens (tertiary/aromatic N) is 1. The van der Waals surface area contributed by atoms with E-state index in [-0.39, 0.29) is 25.4 Å². The topological polar surface area (TPSA) is 85.3 Å². The summed E-state index contributed by atoms with van der Waals surface area (Å²) < 4.78 is 17.0. The quantitative estimate of drug-likeness (QED) is 0.804. The van der Waals surface area contributed by atoms with Crippen molar-refractivity contribution in [3.63, 3.8) is 0 Å². The Kier molecular flexibility index (Phi) is 6.57. The molecule has 1 saturated heterocycles. The average molecular weight is 337 g/mol. The Labute approximate surface area is 141 Å². The van der Waals surface area contributed by atoms with Crippen molar-refractivity contribution in [1.29, 1.82) is 0 Å². The van der Waals surface area contributed by atoms with Gasteiger partial charge in [-0.1, -0.05) is 18.2 Å². The highest BCUT2D eigenvalue weighted by atomic mass is 16.6. The van der Waals surface area contributed by atoms with Crippen molar-refractivity contribution in [2.24, 2.45) is 0 Å². The van der Waals surface area contributed by atoms with Gasteiger partial charge < -0.3 is 24.2 Å². The van der Waals surface area contributed by atoms with E-state index in [0.717, 1.165) is 0 Å². The molecule has 1 aliphatic rings. The van der Waals surface area contributed by atoms with Gasteiger partial charge in [0.05, 0.1) is 26.2 Å². The fraction of sp³-hybridized carbons (Fsp3) is 0.529. The molecule has 0 bridgehead atoms. The summed E-state index contributed by atoms with van der Waals surface area (Å²) in [5.74, 6) is -0.495. The number of methoxy groups -OCH3 is 1. The molecule has 0 spiro atoms. The lowest BCUT2D eigenvalue weighted by molar-refractivity contribution is -0.142. The second kappa shape index (κ2) is 8.65. The minimum absolute atomic E-state index is 0.0331. The fourth-order valence-electron chi connectivity index (χ4n) is 2.49. The summed E-state index contributed by atoms with van der Waals surface area (Å²) in [6, 6.07) is 9.34. The molecule has 1 amide bonds. The normalized spacial score (nSPS) is 21.1. The predicted molar refractivity (Wildman–Crippen MR) is 85.9 cm³/mol. The number of carboxylic acids is 1. The Morgan fingerprint density at radius 1 is 1.29 bits per heavy atom. The lowest BCUT2D eigenvalue weighted by atomic mass is 10.1. The summed E-state index contributed by atoms with van der Waals surface area (Å²) in [6.07, 6.45) is -0.217. The van der Waals surface area contributed by atoms with Crippen molar-refractivity contribution in [3.8, 4) is 5.75 Å². The third kappa shape index (κ3) is 5.21. The molecule has 0 unspecified atom stereocenters. The van der Waals surface area contributed by atoms with Gasteiger partial charge in [0.2, 0.25) is 5.91 Å². The molecule has 7 heteroatoms. The first-order valence-electron chi connectivity index (χ1n) is 7.85. The van der Waals surface area contributed by atoms with Gasteiger partial charge >= 0.3 is 5.97 Å². The van der Waals surface area contributed by atoms with E-state index < -0.39 is 11.6 Å². The van der Waals surface area contributed by atoms with Crippen molar-refractivity contribution in [3.05, 3.63) is 30.3 Å². The van der Waals surface area contributed by atoms with Crippen LogP contribution in [0.4, 0.5) is 0 Å². The number of amides is 1. The molecule has 1 N–H and O–H groups in total. The first-order valence-corrected chi connectivity index (χ1v) is 7.85. The molecule has 1 atom stereocenters. The zero-order valence-electron chi connectivity index (χ0n) is 13.8. The van der Waals surface area contributed by atoms with E-state index in [1.165, 1.54) is 0 Å². The molecule has 7 nitrogen and oxygen atoms in total. The number of benzene rings is 1. The smallest absolute Gasteiger partial charge is 0.303 e. The van der Waals surface area contributed by atoms with E-state index in [9.17, 15) is 9.59 Å². The van der Waals surface area contributed by atoms with E-state index in [2.05, 4.69) is 0 Å². The fourth-order valence-corrected chi connectivity index (χ4v) is 2.49. The number of hydrogen-bond donors (Lipinski definition) is 1. The SMILES string of the molecule is CO[C@@]1(COc2ccccc2)COCCN(C(=O)CCC(=O)O)C1. The first-order chi connectivity index (χ1) is 11.5. The number of hydrogen-bond acceptors (Lipinski definition) is 5. The summed E-state index contributed by atoms with van der Waals surface area (Å²) in [7, 11) is 1.56. The van der Waals surface area contributed by atoms with Crippen LogP contribution in [0.15, 0.2) is 30.3 Å². The molecule has 0 radical (unpaired) electrons. The standard InChI is InChI=1S/C17H23NO6/c1-22-17(13-24-14-5-3-2-4-6-14)11-18(9-10-23-12-17)15(19)7-8-16(20)21/h2-6H,7-13H2,1H3,(H,20,21)/t17-/m1/s1. The molecule has 24 heavy (non-hydrogen) atoms. The van der Waals surface area contributed by atoms with Crippen molar-refractivity contribution in [2.45, 2.75) is 18.4 Å². The molecule has 0 aromatic heterocycles. The molecule has 0 aliphatic carbocycles. The summed E-state index contributed by atoms with van der Waals surface area (Å²) in [4.78, 5) is 24.5. The Bertz CT molecular complexity index is 549. The monoisotopic (exact) mass is 337 g/mol. The Hall–Kier alpha value is -2.12. The van der Waals surface area contributed by atoms with Gasteiger partial charge in [0, 0.05) is 20.1 Å². The molecular formula is C17H23NO6. The molecular weight excluding hydrogens is 314 g/mol. The van der Waals surface area contributed by atoms with Gasteiger partial charge in [-0.15, -0.1) is 0 Å². The third-order valence-electron chi connectivity index (χ3n) is 3.93. The van der Waals surface area contributed by atoms with Crippen molar-refractivity contribution in [2.75, 3.05) is 40.0 Å². The largest absolute Gasteiger partial charge is 0.490 e. The van der Waals surface area contributed by atoms with E-state index >= 15 is 0 Å². The number of para-hydroxylation sites is 1. The van der Waals surface area contributed by atoms with Gasteiger partial charge in [-0.3, -0.25) is 9.59 Å². The van der Waals surface area contributed by atoms with Crippen LogP contribution in [0.1, 0.15) is 12.8 Å². The van der Waals surface area contributed by atoms with Gasteiger partial charge in [-0.2, -0.15) is 0 Å². The highest BCUT2D eigenvalue weighted by Crippen LogP contribution is 2.20. The zero-order valence-corrected chi connectivity index (χ0v) is 13.8. The van der Waals surface area contributed by atoms with Crippen LogP contribution in [0.2, 0.25) is 0 Å². The lowest BCUT2D eigenvalue weighted by Crippen LogP contribution is -2.51. The van der Waals surface area contributed by atoms with Gasteiger partial charge in [-0.05, 0) is 12.1 Å². The summed E-state index contributed by atoms with van der Waals surface area (Å²) >= 11 is 0. The summed E-state index contributed by atoms with van der Waals surface area (Å²) in [5, 5.41) is 8.74. The first kappa shape index (κ1) is 18.2. The van der Waals surface area contributed by atoms with E-state index in [0.29, 0.717) is 32.1 Å². The average Bonchev–Trinajstić information content (AvgIpc) is 2.82. The summed E-state index contributed by atoms with van der Waals surface area (Å²) in [6.45, 7) is 1.63. The number of aliphatic carboxylic acids is 1. The predicted octanol–water partition coefficient (Wildman–Crippen LogP) is 1.17. The molecule has 1 fully saturated rings.